The van der Waals surface area contributed by atoms with Crippen molar-refractivity contribution in [3.8, 4) is 17.2 Å². The van der Waals surface area contributed by atoms with E-state index in [1.165, 1.54) is 0 Å². The van der Waals surface area contributed by atoms with Gasteiger partial charge < -0.3 is 24.2 Å². The average molecular weight is 443 g/mol. The van der Waals surface area contributed by atoms with E-state index < -0.39 is 0 Å². The molecule has 1 saturated heterocycles. The third-order valence-electron chi connectivity index (χ3n) is 6.26. The minimum Gasteiger partial charge on any atom is -0.493 e. The second kappa shape index (κ2) is 9.70. The fourth-order valence-electron chi connectivity index (χ4n) is 4.47. The number of carbonyl (C=O) groups is 1. The lowest BCUT2D eigenvalue weighted by Crippen LogP contribution is -2.47. The topological polar surface area (TPSA) is 97.3 Å². The molecule has 1 aliphatic heterocycles. The first-order valence-electron chi connectivity index (χ1n) is 10.8. The summed E-state index contributed by atoms with van der Waals surface area (Å²) < 4.78 is 16.4. The molecule has 0 spiro atoms. The third-order valence-corrected chi connectivity index (χ3v) is 6.26. The number of aliphatic hydroxyl groups is 1. The Morgan fingerprint density at radius 3 is 2.31 bits per heavy atom. The van der Waals surface area contributed by atoms with Crippen LogP contribution in [0.15, 0.2) is 18.3 Å². The molecule has 2 aromatic rings. The van der Waals surface area contributed by atoms with Crippen LogP contribution >= 0.6 is 0 Å². The van der Waals surface area contributed by atoms with E-state index in [4.69, 9.17) is 24.3 Å². The van der Waals surface area contributed by atoms with E-state index in [2.05, 4.69) is 14.8 Å². The van der Waals surface area contributed by atoms with E-state index in [0.717, 1.165) is 37.4 Å². The second-order valence-corrected chi connectivity index (χ2v) is 8.07. The Kier molecular flexibility index (Phi) is 6.76. The monoisotopic (exact) mass is 442 g/mol. The minimum atomic E-state index is -0.0344. The van der Waals surface area contributed by atoms with Gasteiger partial charge in [0, 0.05) is 45.3 Å². The summed E-state index contributed by atoms with van der Waals surface area (Å²) in [6, 6.07) is 3.82. The van der Waals surface area contributed by atoms with Gasteiger partial charge in [-0.3, -0.25) is 9.69 Å². The van der Waals surface area contributed by atoms with Crippen molar-refractivity contribution in [1.82, 2.24) is 14.9 Å². The lowest BCUT2D eigenvalue weighted by molar-refractivity contribution is 0.0962. The quantitative estimate of drug-likeness (QED) is 0.685. The van der Waals surface area contributed by atoms with E-state index in [-0.39, 0.29) is 18.3 Å². The Labute approximate surface area is 187 Å². The molecule has 0 bridgehead atoms. The SMILES string of the molecule is COc1cc([C@@H]2CC(=O)c3cnc(N4CCN(CCO)CC4)nc3C2)cc(OC)c1OC. The maximum Gasteiger partial charge on any atom is 0.225 e. The zero-order valence-electron chi connectivity index (χ0n) is 18.8. The number of rotatable bonds is 7. The predicted octanol–water partition coefficient (Wildman–Crippen LogP) is 1.53. The van der Waals surface area contributed by atoms with Gasteiger partial charge in [0.2, 0.25) is 11.7 Å². The van der Waals surface area contributed by atoms with Crippen LogP contribution in [0.1, 0.15) is 34.0 Å². The third kappa shape index (κ3) is 4.35. The molecule has 0 saturated carbocycles. The number of carbonyl (C=O) groups excluding carboxylic acids is 1. The zero-order valence-corrected chi connectivity index (χ0v) is 18.8. The van der Waals surface area contributed by atoms with Gasteiger partial charge in [0.15, 0.2) is 17.3 Å². The minimum absolute atomic E-state index is 0.0344. The normalized spacial score (nSPS) is 18.9. The van der Waals surface area contributed by atoms with Crippen LogP contribution in [0.25, 0.3) is 0 Å². The van der Waals surface area contributed by atoms with E-state index in [1.807, 2.05) is 12.1 Å². The van der Waals surface area contributed by atoms with Gasteiger partial charge in [0.25, 0.3) is 0 Å². The summed E-state index contributed by atoms with van der Waals surface area (Å²) in [5.74, 6) is 2.35. The number of ether oxygens (including phenoxy) is 3. The van der Waals surface area contributed by atoms with Crippen molar-refractivity contribution in [2.75, 3.05) is 65.6 Å². The number of hydrogen-bond acceptors (Lipinski definition) is 9. The van der Waals surface area contributed by atoms with E-state index in [0.29, 0.717) is 48.1 Å². The number of Topliss-reactive ketones (excluding diaryl/α,β-unsaturated/α-hetero) is 1. The summed E-state index contributed by atoms with van der Waals surface area (Å²) in [6.45, 7) is 4.15. The summed E-state index contributed by atoms with van der Waals surface area (Å²) in [7, 11) is 4.74. The molecule has 9 heteroatoms. The van der Waals surface area contributed by atoms with Crippen molar-refractivity contribution in [3.05, 3.63) is 35.2 Å². The van der Waals surface area contributed by atoms with Crippen LogP contribution in [0.3, 0.4) is 0 Å². The Morgan fingerprint density at radius 1 is 1.03 bits per heavy atom. The molecule has 1 fully saturated rings. The van der Waals surface area contributed by atoms with Crippen LogP contribution in [0, 0.1) is 0 Å². The molecular weight excluding hydrogens is 412 g/mol. The van der Waals surface area contributed by atoms with Gasteiger partial charge in [-0.15, -0.1) is 0 Å². The average Bonchev–Trinajstić information content (AvgIpc) is 2.83. The Bertz CT molecular complexity index is 950. The van der Waals surface area contributed by atoms with Crippen LogP contribution in [0.5, 0.6) is 17.2 Å². The fraction of sp³-hybridized carbons (Fsp3) is 0.522. The summed E-state index contributed by atoms with van der Waals surface area (Å²) in [4.78, 5) is 26.5. The van der Waals surface area contributed by atoms with Gasteiger partial charge in [-0.05, 0) is 30.0 Å². The summed E-state index contributed by atoms with van der Waals surface area (Å²) in [6.07, 6.45) is 2.69. The van der Waals surface area contributed by atoms with Crippen LogP contribution in [0.4, 0.5) is 5.95 Å². The van der Waals surface area contributed by atoms with E-state index in [9.17, 15) is 4.79 Å². The van der Waals surface area contributed by atoms with Gasteiger partial charge in [-0.2, -0.15) is 0 Å². The van der Waals surface area contributed by atoms with Gasteiger partial charge in [0.05, 0.1) is 39.2 Å². The molecule has 0 amide bonds. The van der Waals surface area contributed by atoms with Crippen LogP contribution in [-0.4, -0.2) is 86.4 Å². The van der Waals surface area contributed by atoms with E-state index in [1.54, 1.807) is 27.5 Å². The molecule has 1 aliphatic carbocycles. The molecule has 2 heterocycles. The van der Waals surface area contributed by atoms with E-state index >= 15 is 0 Å². The molecule has 4 rings (SSSR count). The molecular formula is C23H30N4O5. The maximum absolute atomic E-state index is 12.9. The van der Waals surface area contributed by atoms with Gasteiger partial charge in [-0.1, -0.05) is 0 Å². The molecule has 1 aromatic carbocycles. The number of hydrogen-bond donors (Lipinski definition) is 1. The highest BCUT2D eigenvalue weighted by Gasteiger charge is 2.30. The van der Waals surface area contributed by atoms with Crippen molar-refractivity contribution in [3.63, 3.8) is 0 Å². The first-order valence-corrected chi connectivity index (χ1v) is 10.8. The molecule has 32 heavy (non-hydrogen) atoms. The number of ketones is 1. The smallest absolute Gasteiger partial charge is 0.225 e. The molecule has 1 N–H and O–H groups in total. The van der Waals surface area contributed by atoms with Crippen molar-refractivity contribution >= 4 is 11.7 Å². The second-order valence-electron chi connectivity index (χ2n) is 8.07. The van der Waals surface area contributed by atoms with Crippen LogP contribution < -0.4 is 19.1 Å². The number of anilines is 1. The van der Waals surface area contributed by atoms with Gasteiger partial charge in [0.1, 0.15) is 0 Å². The van der Waals surface area contributed by atoms with Crippen LogP contribution in [0.2, 0.25) is 0 Å². The number of aromatic nitrogens is 2. The van der Waals surface area contributed by atoms with Gasteiger partial charge >= 0.3 is 0 Å². The molecule has 1 aromatic heterocycles. The van der Waals surface area contributed by atoms with Crippen LogP contribution in [-0.2, 0) is 6.42 Å². The van der Waals surface area contributed by atoms with Crippen molar-refractivity contribution in [1.29, 1.82) is 0 Å². The molecule has 172 valence electrons. The molecule has 1 atom stereocenters. The first-order chi connectivity index (χ1) is 15.6. The largest absolute Gasteiger partial charge is 0.493 e. The fourth-order valence-corrected chi connectivity index (χ4v) is 4.47. The molecule has 0 radical (unpaired) electrons. The highest BCUT2D eigenvalue weighted by atomic mass is 16.5. The standard InChI is InChI=1S/C23H30N4O5/c1-30-20-12-16(13-21(31-2)22(20)32-3)15-10-18-17(19(29)11-15)14-24-23(25-18)27-6-4-26(5-7-27)8-9-28/h12-15,28H,4-11H2,1-3H3/t15-/m0/s1. The Morgan fingerprint density at radius 2 is 1.72 bits per heavy atom. The molecule has 2 aliphatic rings. The number of fused-ring (bicyclic) bond motifs is 1. The summed E-state index contributed by atoms with van der Waals surface area (Å²) in [5.41, 5.74) is 2.34. The predicted molar refractivity (Wildman–Crippen MR) is 119 cm³/mol. The molecule has 9 nitrogen and oxygen atoms in total. The highest BCUT2D eigenvalue weighted by molar-refractivity contribution is 5.98. The summed E-state index contributed by atoms with van der Waals surface area (Å²) >= 11 is 0. The highest BCUT2D eigenvalue weighted by Crippen LogP contribution is 2.42. The first kappa shape index (κ1) is 22.3. The molecule has 0 unspecified atom stereocenters. The number of piperazine rings is 1. The lowest BCUT2D eigenvalue weighted by atomic mass is 9.82. The number of methoxy groups -OCH3 is 3. The Hall–Kier alpha value is -2.91. The number of nitrogens with zero attached hydrogens (tertiary/aromatic N) is 4. The maximum atomic E-state index is 12.9. The Balaban J connectivity index is 1.58. The van der Waals surface area contributed by atoms with Crippen molar-refractivity contribution < 1.29 is 24.1 Å². The number of benzene rings is 1. The number of β-amino-alcohol motifs (C(OH)–C–C–N with tert-alkyl or cyclic N) is 1. The summed E-state index contributed by atoms with van der Waals surface area (Å²) in [5, 5.41) is 9.14. The number of aliphatic hydroxyl groups excluding tert-OH is 1. The van der Waals surface area contributed by atoms with Gasteiger partial charge in [-0.25, -0.2) is 9.97 Å². The van der Waals surface area contributed by atoms with Crippen molar-refractivity contribution in [2.45, 2.75) is 18.8 Å². The lowest BCUT2D eigenvalue weighted by Gasteiger charge is -2.34. The van der Waals surface area contributed by atoms with Crippen molar-refractivity contribution in [2.24, 2.45) is 0 Å². The zero-order chi connectivity index (χ0) is 22.7.